The number of H-pyrrole nitrogens is 1. The van der Waals surface area contributed by atoms with Gasteiger partial charge < -0.3 is 10.3 Å². The first-order valence-electron chi connectivity index (χ1n) is 8.31. The molecule has 0 bridgehead atoms. The number of nitriles is 1. The number of carbonyl (C=O) groups excluding carboxylic acids is 1. The summed E-state index contributed by atoms with van der Waals surface area (Å²) < 4.78 is 0. The van der Waals surface area contributed by atoms with E-state index in [0.29, 0.717) is 16.3 Å². The molecule has 3 rings (SSSR count). The molecule has 2 aromatic carbocycles. The average molecular weight is 411 g/mol. The molecule has 140 valence electrons. The number of hydrogen-bond donors (Lipinski definition) is 2. The van der Waals surface area contributed by atoms with Gasteiger partial charge in [0, 0.05) is 5.56 Å². The second-order valence-electron chi connectivity index (χ2n) is 5.80. The van der Waals surface area contributed by atoms with Crippen LogP contribution in [-0.2, 0) is 4.79 Å². The molecule has 0 saturated heterocycles. The Labute approximate surface area is 170 Å². The van der Waals surface area contributed by atoms with Crippen LogP contribution in [0.5, 0.6) is 0 Å². The number of amides is 1. The fourth-order valence-electron chi connectivity index (χ4n) is 2.43. The largest absolute Gasteiger partial charge is 0.324 e. The Bertz CT molecular complexity index is 1110. The van der Waals surface area contributed by atoms with E-state index in [1.807, 2.05) is 12.1 Å². The van der Waals surface area contributed by atoms with Crippen LogP contribution in [-0.4, -0.2) is 21.1 Å². The molecule has 0 spiro atoms. The highest BCUT2D eigenvalue weighted by Gasteiger charge is 2.19. The molecule has 0 aliphatic rings. The van der Waals surface area contributed by atoms with Crippen LogP contribution >= 0.6 is 23.4 Å². The lowest BCUT2D eigenvalue weighted by Crippen LogP contribution is -2.24. The Morgan fingerprint density at radius 3 is 2.57 bits per heavy atom. The summed E-state index contributed by atoms with van der Waals surface area (Å²) in [5.41, 5.74) is 0.836. The highest BCUT2D eigenvalue weighted by atomic mass is 35.5. The molecule has 2 N–H and O–H groups in total. The van der Waals surface area contributed by atoms with Gasteiger partial charge in [-0.2, -0.15) is 5.26 Å². The molecule has 1 atom stereocenters. The molecule has 1 amide bonds. The number of nitrogens with zero attached hydrogens (tertiary/aromatic N) is 2. The normalized spacial score (nSPS) is 11.5. The maximum Gasteiger partial charge on any atom is 0.270 e. The fraction of sp³-hybridized carbons (Fsp3) is 0.100. The van der Waals surface area contributed by atoms with E-state index in [9.17, 15) is 14.9 Å². The molecule has 0 saturated carbocycles. The Balaban J connectivity index is 1.85. The SMILES string of the molecule is CC(Sc1nc(-c2ccccc2)c(C#N)c(=O)[nH]1)C(=O)Nc1ccccc1Cl. The number of hydrogen-bond acceptors (Lipinski definition) is 5. The summed E-state index contributed by atoms with van der Waals surface area (Å²) >= 11 is 7.15. The minimum atomic E-state index is -0.559. The van der Waals surface area contributed by atoms with Gasteiger partial charge in [0.2, 0.25) is 5.91 Å². The lowest BCUT2D eigenvalue weighted by atomic mass is 10.1. The van der Waals surface area contributed by atoms with E-state index in [-0.39, 0.29) is 22.3 Å². The number of para-hydroxylation sites is 1. The number of nitrogens with one attached hydrogen (secondary N) is 2. The van der Waals surface area contributed by atoms with Crippen LogP contribution in [0, 0.1) is 11.3 Å². The first-order valence-corrected chi connectivity index (χ1v) is 9.57. The van der Waals surface area contributed by atoms with Gasteiger partial charge in [-0.3, -0.25) is 9.59 Å². The van der Waals surface area contributed by atoms with Crippen molar-refractivity contribution < 1.29 is 4.79 Å². The number of rotatable bonds is 5. The molecule has 3 aromatic rings. The Hall–Kier alpha value is -3.08. The van der Waals surface area contributed by atoms with Crippen LogP contribution in [0.25, 0.3) is 11.3 Å². The maximum atomic E-state index is 12.5. The third kappa shape index (κ3) is 4.42. The number of aromatic nitrogens is 2. The summed E-state index contributed by atoms with van der Waals surface area (Å²) in [6.45, 7) is 1.69. The summed E-state index contributed by atoms with van der Waals surface area (Å²) in [7, 11) is 0. The molecule has 0 fully saturated rings. The van der Waals surface area contributed by atoms with Gasteiger partial charge in [0.1, 0.15) is 11.6 Å². The van der Waals surface area contributed by atoms with Crippen LogP contribution in [0.2, 0.25) is 5.02 Å². The minimum Gasteiger partial charge on any atom is -0.324 e. The van der Waals surface area contributed by atoms with Gasteiger partial charge >= 0.3 is 0 Å². The van der Waals surface area contributed by atoms with Gasteiger partial charge in [0.25, 0.3) is 5.56 Å². The van der Waals surface area contributed by atoms with Crippen molar-refractivity contribution in [2.75, 3.05) is 5.32 Å². The third-order valence-corrected chi connectivity index (χ3v) is 5.16. The molecule has 6 nitrogen and oxygen atoms in total. The molecule has 0 aliphatic carbocycles. The molecular weight excluding hydrogens is 396 g/mol. The molecule has 0 radical (unpaired) electrons. The van der Waals surface area contributed by atoms with Crippen LogP contribution in [0.4, 0.5) is 5.69 Å². The van der Waals surface area contributed by atoms with E-state index in [4.69, 9.17) is 11.6 Å². The molecule has 0 aliphatic heterocycles. The van der Waals surface area contributed by atoms with Gasteiger partial charge in [-0.1, -0.05) is 65.8 Å². The first-order chi connectivity index (χ1) is 13.5. The Morgan fingerprint density at radius 2 is 1.89 bits per heavy atom. The summed E-state index contributed by atoms with van der Waals surface area (Å²) in [5, 5.41) is 12.2. The van der Waals surface area contributed by atoms with E-state index in [0.717, 1.165) is 11.8 Å². The minimum absolute atomic E-state index is 0.0660. The lowest BCUT2D eigenvalue weighted by Gasteiger charge is -2.13. The predicted octanol–water partition coefficient (Wildman–Crippen LogP) is 4.08. The van der Waals surface area contributed by atoms with Gasteiger partial charge in [0.15, 0.2) is 5.16 Å². The number of thioether (sulfide) groups is 1. The second kappa shape index (κ2) is 8.74. The van der Waals surface area contributed by atoms with Crippen molar-refractivity contribution in [3.05, 3.63) is 75.5 Å². The molecular formula is C20H15ClN4O2S. The Morgan fingerprint density at radius 1 is 1.21 bits per heavy atom. The first kappa shape index (κ1) is 19.7. The zero-order chi connectivity index (χ0) is 20.1. The number of benzene rings is 2. The third-order valence-electron chi connectivity index (χ3n) is 3.85. The number of halogens is 1. The lowest BCUT2D eigenvalue weighted by molar-refractivity contribution is -0.115. The van der Waals surface area contributed by atoms with Crippen molar-refractivity contribution in [3.63, 3.8) is 0 Å². The van der Waals surface area contributed by atoms with Crippen molar-refractivity contribution in [2.24, 2.45) is 0 Å². The molecule has 8 heteroatoms. The smallest absolute Gasteiger partial charge is 0.270 e. The van der Waals surface area contributed by atoms with Crippen LogP contribution in [0.15, 0.2) is 64.5 Å². The molecule has 1 aromatic heterocycles. The number of carbonyl (C=O) groups is 1. The van der Waals surface area contributed by atoms with Crippen LogP contribution in [0.3, 0.4) is 0 Å². The second-order valence-corrected chi connectivity index (χ2v) is 7.54. The standard InChI is InChI=1S/C20H15ClN4O2S/c1-12(18(26)23-16-10-6-5-9-15(16)21)28-20-24-17(13-7-3-2-4-8-13)14(11-22)19(27)25-20/h2-10,12H,1H3,(H,23,26)(H,24,25,27). The van der Waals surface area contributed by atoms with E-state index >= 15 is 0 Å². The van der Waals surface area contributed by atoms with Gasteiger partial charge in [0.05, 0.1) is 21.7 Å². The van der Waals surface area contributed by atoms with Gasteiger partial charge in [-0.25, -0.2) is 4.98 Å². The van der Waals surface area contributed by atoms with Crippen molar-refractivity contribution >= 4 is 35.0 Å². The summed E-state index contributed by atoms with van der Waals surface area (Å²) in [6, 6.07) is 17.8. The van der Waals surface area contributed by atoms with Crippen molar-refractivity contribution in [1.29, 1.82) is 5.26 Å². The van der Waals surface area contributed by atoms with Crippen LogP contribution < -0.4 is 10.9 Å². The molecule has 28 heavy (non-hydrogen) atoms. The average Bonchev–Trinajstić information content (AvgIpc) is 2.70. The van der Waals surface area contributed by atoms with Gasteiger partial charge in [-0.15, -0.1) is 0 Å². The topological polar surface area (TPSA) is 98.6 Å². The quantitative estimate of drug-likeness (QED) is 0.487. The zero-order valence-electron chi connectivity index (χ0n) is 14.8. The van der Waals surface area contributed by atoms with E-state index in [2.05, 4.69) is 15.3 Å². The van der Waals surface area contributed by atoms with Crippen molar-refractivity contribution in [1.82, 2.24) is 9.97 Å². The number of aromatic amines is 1. The molecule has 1 heterocycles. The highest BCUT2D eigenvalue weighted by Crippen LogP contribution is 2.26. The predicted molar refractivity (Wildman–Crippen MR) is 110 cm³/mol. The van der Waals surface area contributed by atoms with Crippen molar-refractivity contribution in [3.8, 4) is 17.3 Å². The monoisotopic (exact) mass is 410 g/mol. The van der Waals surface area contributed by atoms with Gasteiger partial charge in [-0.05, 0) is 19.1 Å². The summed E-state index contributed by atoms with van der Waals surface area (Å²) in [5.74, 6) is -0.286. The summed E-state index contributed by atoms with van der Waals surface area (Å²) in [4.78, 5) is 31.7. The van der Waals surface area contributed by atoms with Crippen LogP contribution in [0.1, 0.15) is 12.5 Å². The highest BCUT2D eigenvalue weighted by molar-refractivity contribution is 8.00. The van der Waals surface area contributed by atoms with E-state index in [1.54, 1.807) is 55.5 Å². The molecule has 1 unspecified atom stereocenters. The van der Waals surface area contributed by atoms with Crippen molar-refractivity contribution in [2.45, 2.75) is 17.3 Å². The Kier molecular flexibility index (Phi) is 6.14. The summed E-state index contributed by atoms with van der Waals surface area (Å²) in [6.07, 6.45) is 0. The van der Waals surface area contributed by atoms with E-state index in [1.165, 1.54) is 0 Å². The number of anilines is 1. The maximum absolute atomic E-state index is 12.5. The zero-order valence-corrected chi connectivity index (χ0v) is 16.3. The fourth-order valence-corrected chi connectivity index (χ4v) is 3.41. The van der Waals surface area contributed by atoms with E-state index < -0.39 is 10.8 Å².